The largest absolute Gasteiger partial charge is 0.430 e. The van der Waals surface area contributed by atoms with Gasteiger partial charge in [0.1, 0.15) is 0 Å². The first kappa shape index (κ1) is 28.5. The van der Waals surface area contributed by atoms with Gasteiger partial charge >= 0.3 is 34.2 Å². The van der Waals surface area contributed by atoms with Crippen LogP contribution in [-0.2, 0) is 20.6 Å². The van der Waals surface area contributed by atoms with Crippen LogP contribution in [-0.4, -0.2) is 52.3 Å². The van der Waals surface area contributed by atoms with Crippen LogP contribution in [0.4, 0.5) is 0 Å². The molecule has 0 bridgehead atoms. The topological polar surface area (TPSA) is 46.2 Å². The van der Waals surface area contributed by atoms with Crippen molar-refractivity contribution in [2.75, 3.05) is 0 Å². The Kier molecular flexibility index (Phi) is 11.6. The summed E-state index contributed by atoms with van der Waals surface area (Å²) < 4.78 is 31.8. The lowest BCUT2D eigenvalue weighted by molar-refractivity contribution is 0.297. The van der Waals surface area contributed by atoms with Gasteiger partial charge in [0.25, 0.3) is 0 Å². The molecule has 4 atom stereocenters. The quantitative estimate of drug-likeness (QED) is 0.281. The van der Waals surface area contributed by atoms with E-state index in [1.54, 1.807) is 22.8 Å². The second-order valence-corrected chi connectivity index (χ2v) is 24.1. The van der Waals surface area contributed by atoms with Crippen molar-refractivity contribution in [1.29, 1.82) is 0 Å². The molecule has 0 N–H and O–H groups in total. The smallest absolute Gasteiger partial charge is 0.344 e. The van der Waals surface area contributed by atoms with Crippen LogP contribution in [0, 0.1) is 0 Å². The molecule has 0 fully saturated rings. The van der Waals surface area contributed by atoms with E-state index in [2.05, 4.69) is 39.5 Å². The van der Waals surface area contributed by atoms with Crippen LogP contribution in [0.1, 0.15) is 0 Å². The van der Waals surface area contributed by atoms with Crippen molar-refractivity contribution in [3.05, 3.63) is 73.7 Å². The molecule has 0 aromatic heterocycles. The number of hydrogen-bond donors (Lipinski definition) is 0. The summed E-state index contributed by atoms with van der Waals surface area (Å²) in [4.78, 5) is 0. The summed E-state index contributed by atoms with van der Waals surface area (Å²) in [7, 11) is -13.5. The predicted molar refractivity (Wildman–Crippen MR) is 136 cm³/mol. The van der Waals surface area contributed by atoms with Gasteiger partial charge in [0.2, 0.25) is 18.1 Å². The van der Waals surface area contributed by atoms with Crippen molar-refractivity contribution in [2.45, 2.75) is 39.3 Å². The van der Waals surface area contributed by atoms with Gasteiger partial charge in [-0.25, -0.2) is 0 Å². The van der Waals surface area contributed by atoms with Gasteiger partial charge in [-0.05, 0) is 39.3 Å². The van der Waals surface area contributed by atoms with Gasteiger partial charge in [0.05, 0.1) is 0 Å². The number of rotatable bonds is 16. The lowest BCUT2D eigenvalue weighted by Crippen LogP contribution is -2.60. The normalized spacial score (nSPS) is 19.9. The minimum absolute atomic E-state index is 1.19. The van der Waals surface area contributed by atoms with Gasteiger partial charge in [0.15, 0.2) is 0 Å². The third-order valence-electron chi connectivity index (χ3n) is 4.00. The molecule has 29 heavy (non-hydrogen) atoms. The standard InChI is InChI=1S/C18H36O5Si6/c1-13-24(7)19-26(9,15-3)21-28(11,17-5)23-29(12,18-6)22-27(10,16-4)20-25(8)14-2/h13-18H,1-6H2,7-12H3. The monoisotopic (exact) mass is 500 g/mol. The van der Waals surface area contributed by atoms with Crippen molar-refractivity contribution in [1.82, 2.24) is 0 Å². The van der Waals surface area contributed by atoms with E-state index >= 15 is 0 Å². The predicted octanol–water partition coefficient (Wildman–Crippen LogP) is 4.95. The van der Waals surface area contributed by atoms with E-state index in [-0.39, 0.29) is 0 Å². The molecule has 0 rings (SSSR count). The maximum atomic E-state index is 6.53. The van der Waals surface area contributed by atoms with E-state index < -0.39 is 52.3 Å². The molecule has 11 heteroatoms. The Morgan fingerprint density at radius 3 is 0.966 bits per heavy atom. The van der Waals surface area contributed by atoms with Crippen LogP contribution in [0.3, 0.4) is 0 Å². The molecule has 0 spiro atoms. The average molecular weight is 501 g/mol. The van der Waals surface area contributed by atoms with Crippen molar-refractivity contribution in [3.8, 4) is 0 Å². The molecule has 0 heterocycles. The zero-order valence-corrected chi connectivity index (χ0v) is 24.7. The Bertz CT molecular complexity index is 582. The molecule has 0 aliphatic heterocycles. The highest BCUT2D eigenvalue weighted by Gasteiger charge is 2.48. The van der Waals surface area contributed by atoms with Gasteiger partial charge in [-0.1, -0.05) is 34.2 Å². The molecule has 0 saturated carbocycles. The SMILES string of the molecule is C=C[Si](C)O[Si](C)(C=C)O[Si](C)(C=C)O[Si](C)(C=C)O[Si](C)(C=C)O[Si](C)C=C. The van der Waals surface area contributed by atoms with Crippen molar-refractivity contribution in [2.24, 2.45) is 0 Å². The Balaban J connectivity index is 5.71. The van der Waals surface area contributed by atoms with E-state index in [4.69, 9.17) is 20.6 Å². The first-order valence-electron chi connectivity index (χ1n) is 9.22. The maximum absolute atomic E-state index is 6.53. The summed E-state index contributed by atoms with van der Waals surface area (Å²) >= 11 is 0. The molecule has 0 aliphatic rings. The van der Waals surface area contributed by atoms with Gasteiger partial charge in [-0.15, -0.1) is 39.5 Å². The van der Waals surface area contributed by atoms with Gasteiger partial charge < -0.3 is 20.6 Å². The molecular formula is C18H36O5Si6. The molecule has 4 unspecified atom stereocenters. The van der Waals surface area contributed by atoms with Crippen LogP contribution >= 0.6 is 0 Å². The minimum Gasteiger partial charge on any atom is -0.430 e. The minimum atomic E-state index is -2.88. The Labute approximate surface area is 185 Å². The van der Waals surface area contributed by atoms with Crippen LogP contribution in [0.25, 0.3) is 0 Å². The van der Waals surface area contributed by atoms with E-state index in [0.717, 1.165) is 0 Å². The van der Waals surface area contributed by atoms with Crippen LogP contribution in [0.15, 0.2) is 73.7 Å². The summed E-state index contributed by atoms with van der Waals surface area (Å²) in [6.45, 7) is 35.2. The van der Waals surface area contributed by atoms with Gasteiger partial charge in [-0.2, -0.15) is 0 Å². The van der Waals surface area contributed by atoms with Crippen molar-refractivity contribution < 1.29 is 20.6 Å². The summed E-state index contributed by atoms with van der Waals surface area (Å²) in [6, 6.07) is 0. The summed E-state index contributed by atoms with van der Waals surface area (Å²) in [6.07, 6.45) is 0. The second-order valence-electron chi connectivity index (χ2n) is 7.02. The molecule has 162 valence electrons. The van der Waals surface area contributed by atoms with Crippen molar-refractivity contribution in [3.63, 3.8) is 0 Å². The van der Waals surface area contributed by atoms with E-state index in [9.17, 15) is 0 Å². The Hall–Kier alpha value is -0.459. The molecule has 5 nitrogen and oxygen atoms in total. The highest BCUT2D eigenvalue weighted by molar-refractivity contribution is 6.95. The molecule has 2 radical (unpaired) electrons. The first-order chi connectivity index (χ1) is 13.3. The third kappa shape index (κ3) is 9.48. The highest BCUT2D eigenvalue weighted by atomic mass is 28.5. The maximum Gasteiger partial charge on any atom is 0.344 e. The molecular weight excluding hydrogens is 465 g/mol. The van der Waals surface area contributed by atoms with E-state index in [1.807, 2.05) is 50.7 Å². The van der Waals surface area contributed by atoms with Crippen LogP contribution < -0.4 is 0 Å². The molecule has 0 amide bonds. The van der Waals surface area contributed by atoms with Gasteiger partial charge in [0, 0.05) is 0 Å². The van der Waals surface area contributed by atoms with Crippen molar-refractivity contribution >= 4 is 52.3 Å². The lowest BCUT2D eigenvalue weighted by atomic mass is 11.3. The summed E-state index contributed by atoms with van der Waals surface area (Å²) in [5, 5.41) is 0. The fourth-order valence-corrected chi connectivity index (χ4v) is 22.6. The molecule has 0 aromatic rings. The number of hydrogen-bond acceptors (Lipinski definition) is 5. The third-order valence-corrected chi connectivity index (χ3v) is 23.7. The fourth-order valence-electron chi connectivity index (χ4n) is 2.35. The lowest BCUT2D eigenvalue weighted by Gasteiger charge is -2.41. The average Bonchev–Trinajstić information content (AvgIpc) is 2.67. The van der Waals surface area contributed by atoms with Crippen LogP contribution in [0.5, 0.6) is 0 Å². The first-order valence-corrected chi connectivity index (χ1v) is 22.8. The summed E-state index contributed by atoms with van der Waals surface area (Å²) in [5.41, 5.74) is 10.7. The van der Waals surface area contributed by atoms with E-state index in [1.165, 1.54) is 0 Å². The van der Waals surface area contributed by atoms with Crippen LogP contribution in [0.2, 0.25) is 39.3 Å². The van der Waals surface area contributed by atoms with E-state index in [0.29, 0.717) is 0 Å². The Morgan fingerprint density at radius 2 is 0.759 bits per heavy atom. The molecule has 0 aliphatic carbocycles. The second kappa shape index (κ2) is 11.8. The highest BCUT2D eigenvalue weighted by Crippen LogP contribution is 2.27. The molecule has 0 aromatic carbocycles. The fraction of sp³-hybridized carbons (Fsp3) is 0.333. The Morgan fingerprint density at radius 1 is 0.517 bits per heavy atom. The zero-order chi connectivity index (χ0) is 22.9. The summed E-state index contributed by atoms with van der Waals surface area (Å²) in [5.74, 6) is 0. The zero-order valence-electron chi connectivity index (χ0n) is 18.7. The molecule has 0 saturated heterocycles. The van der Waals surface area contributed by atoms with Gasteiger partial charge in [-0.3, -0.25) is 0 Å².